The van der Waals surface area contributed by atoms with Crippen molar-refractivity contribution in [1.82, 2.24) is 20.3 Å². The molecule has 12 heteroatoms. The molecule has 37 heavy (non-hydrogen) atoms. The second kappa shape index (κ2) is 10.7. The first kappa shape index (κ1) is 26.3. The molecule has 1 fully saturated rings. The summed E-state index contributed by atoms with van der Waals surface area (Å²) in [5.74, 6) is -0.922. The lowest BCUT2D eigenvalue weighted by Crippen LogP contribution is -2.61. The molecule has 10 nitrogen and oxygen atoms in total. The van der Waals surface area contributed by atoms with Crippen LogP contribution in [0.15, 0.2) is 70.5 Å². The largest absolute Gasteiger partial charge is 0.465 e. The van der Waals surface area contributed by atoms with Gasteiger partial charge in [-0.25, -0.2) is 27.3 Å². The number of hydrogen-bond donors (Lipinski definition) is 4. The second-order valence-electron chi connectivity index (χ2n) is 9.05. The minimum absolute atomic E-state index is 0.0751. The van der Waals surface area contributed by atoms with Crippen LogP contribution < -0.4 is 15.4 Å². The van der Waals surface area contributed by atoms with Gasteiger partial charge >= 0.3 is 6.09 Å². The number of benzene rings is 2. The lowest BCUT2D eigenvalue weighted by atomic mass is 9.78. The second-order valence-corrected chi connectivity index (χ2v) is 10.8. The van der Waals surface area contributed by atoms with Crippen molar-refractivity contribution in [2.75, 3.05) is 0 Å². The van der Waals surface area contributed by atoms with Crippen molar-refractivity contribution in [3.05, 3.63) is 72.6 Å². The highest BCUT2D eigenvalue weighted by Crippen LogP contribution is 2.31. The van der Waals surface area contributed by atoms with E-state index in [-0.39, 0.29) is 30.6 Å². The fourth-order valence-electron chi connectivity index (χ4n) is 4.46. The van der Waals surface area contributed by atoms with E-state index >= 15 is 0 Å². The summed E-state index contributed by atoms with van der Waals surface area (Å²) in [7, 11) is -3.85. The first-order chi connectivity index (χ1) is 17.6. The van der Waals surface area contributed by atoms with Gasteiger partial charge in [0.25, 0.3) is 0 Å². The summed E-state index contributed by atoms with van der Waals surface area (Å²) in [6.07, 6.45) is 2.07. The number of oxazole rings is 1. The molecule has 0 saturated heterocycles. The molecule has 0 bridgehead atoms. The van der Waals surface area contributed by atoms with Crippen molar-refractivity contribution >= 4 is 22.0 Å². The quantitative estimate of drug-likeness (QED) is 0.347. The monoisotopic (exact) mass is 530 g/mol. The molecule has 1 atom stereocenters. The lowest BCUT2D eigenvalue weighted by molar-refractivity contribution is -0.129. The third-order valence-corrected chi connectivity index (χ3v) is 8.09. The SMILES string of the molecule is C[C@@H](NC(=O)[C@]1(NC(=O)O)CC[C@H](NS(=O)(=O)c2ccc(-c3cocn3)cc2)CC1)c1ccc(F)cc1. The van der Waals surface area contributed by atoms with Gasteiger partial charge in [-0.3, -0.25) is 4.79 Å². The fraction of sp³-hybridized carbons (Fsp3) is 0.320. The van der Waals surface area contributed by atoms with Gasteiger partial charge in [-0.2, -0.15) is 0 Å². The average Bonchev–Trinajstić information content (AvgIpc) is 3.40. The molecule has 0 spiro atoms. The maximum atomic E-state index is 13.2. The van der Waals surface area contributed by atoms with Crippen LogP contribution in [0.1, 0.15) is 44.2 Å². The number of carbonyl (C=O) groups is 2. The summed E-state index contributed by atoms with van der Waals surface area (Å²) in [6.45, 7) is 1.72. The molecule has 2 amide bonds. The van der Waals surface area contributed by atoms with Crippen LogP contribution in [-0.2, 0) is 14.8 Å². The zero-order chi connectivity index (χ0) is 26.6. The van der Waals surface area contributed by atoms with Gasteiger partial charge in [-0.05, 0) is 62.4 Å². The van der Waals surface area contributed by atoms with Gasteiger partial charge < -0.3 is 20.2 Å². The average molecular weight is 531 g/mol. The molecule has 196 valence electrons. The van der Waals surface area contributed by atoms with Crippen LogP contribution in [-0.4, -0.2) is 42.1 Å². The first-order valence-electron chi connectivity index (χ1n) is 11.7. The van der Waals surface area contributed by atoms with Crippen LogP contribution in [0, 0.1) is 5.82 Å². The van der Waals surface area contributed by atoms with E-state index in [0.29, 0.717) is 16.8 Å². The Hall–Kier alpha value is -3.77. The van der Waals surface area contributed by atoms with E-state index in [1.54, 1.807) is 31.2 Å². The number of carbonyl (C=O) groups excluding carboxylic acids is 1. The highest BCUT2D eigenvalue weighted by atomic mass is 32.2. The standard InChI is InChI=1S/C25H27FN4O6S/c1-16(17-2-6-19(26)7-3-17)28-23(31)25(29-24(32)33)12-10-20(11-13-25)30-37(34,35)21-8-4-18(5-9-21)22-14-36-15-27-22/h2-9,14-16,20,29-30H,10-13H2,1H3,(H,28,31)(H,32,33)/t16-,20-,25-/m1/s1. The number of amides is 2. The summed E-state index contributed by atoms with van der Waals surface area (Å²) < 4.78 is 46.7. The minimum Gasteiger partial charge on any atom is -0.465 e. The molecule has 1 heterocycles. The minimum atomic E-state index is -3.85. The molecule has 1 aliphatic carbocycles. The molecular weight excluding hydrogens is 503 g/mol. The Balaban J connectivity index is 1.41. The van der Waals surface area contributed by atoms with Gasteiger partial charge in [-0.1, -0.05) is 24.3 Å². The van der Waals surface area contributed by atoms with E-state index in [9.17, 15) is 27.5 Å². The number of nitrogens with one attached hydrogen (secondary N) is 3. The fourth-order valence-corrected chi connectivity index (χ4v) is 5.76. The molecule has 0 aliphatic heterocycles. The number of nitrogens with zero attached hydrogens (tertiary/aromatic N) is 1. The molecule has 0 radical (unpaired) electrons. The van der Waals surface area contributed by atoms with Gasteiger partial charge in [0, 0.05) is 11.6 Å². The number of carboxylic acid groups (broad SMARTS) is 1. The smallest absolute Gasteiger partial charge is 0.405 e. The Kier molecular flexibility index (Phi) is 7.60. The van der Waals surface area contributed by atoms with Crippen LogP contribution in [0.5, 0.6) is 0 Å². The Bertz CT molecular complexity index is 1340. The van der Waals surface area contributed by atoms with Crippen LogP contribution in [0.25, 0.3) is 11.3 Å². The molecule has 2 aromatic carbocycles. The van der Waals surface area contributed by atoms with Gasteiger partial charge in [0.15, 0.2) is 6.39 Å². The molecule has 4 rings (SSSR count). The third-order valence-electron chi connectivity index (χ3n) is 6.55. The third kappa shape index (κ3) is 6.15. The summed E-state index contributed by atoms with van der Waals surface area (Å²) in [4.78, 5) is 28.8. The molecule has 1 aliphatic rings. The van der Waals surface area contributed by atoms with Crippen molar-refractivity contribution in [2.24, 2.45) is 0 Å². The van der Waals surface area contributed by atoms with Crippen molar-refractivity contribution in [1.29, 1.82) is 0 Å². The Morgan fingerprint density at radius 2 is 1.76 bits per heavy atom. The van der Waals surface area contributed by atoms with Crippen molar-refractivity contribution in [2.45, 2.75) is 55.1 Å². The van der Waals surface area contributed by atoms with Crippen LogP contribution in [0.4, 0.5) is 9.18 Å². The van der Waals surface area contributed by atoms with Gasteiger partial charge in [0.2, 0.25) is 15.9 Å². The normalized spacial score (nSPS) is 20.6. The highest BCUT2D eigenvalue weighted by Gasteiger charge is 2.44. The van der Waals surface area contributed by atoms with Crippen LogP contribution in [0.3, 0.4) is 0 Å². The van der Waals surface area contributed by atoms with E-state index in [2.05, 4.69) is 20.3 Å². The van der Waals surface area contributed by atoms with Gasteiger partial charge in [-0.15, -0.1) is 0 Å². The lowest BCUT2D eigenvalue weighted by Gasteiger charge is -2.39. The maximum Gasteiger partial charge on any atom is 0.405 e. The van der Waals surface area contributed by atoms with Crippen LogP contribution >= 0.6 is 0 Å². The number of aromatic nitrogens is 1. The topological polar surface area (TPSA) is 151 Å². The number of sulfonamides is 1. The first-order valence-corrected chi connectivity index (χ1v) is 13.1. The molecule has 4 N–H and O–H groups in total. The number of rotatable bonds is 8. The molecular formula is C25H27FN4O6S. The summed E-state index contributed by atoms with van der Waals surface area (Å²) in [6, 6.07) is 10.9. The van der Waals surface area contributed by atoms with E-state index in [1.807, 2.05) is 0 Å². The Morgan fingerprint density at radius 1 is 1.11 bits per heavy atom. The number of hydrogen-bond acceptors (Lipinski definition) is 6. The maximum absolute atomic E-state index is 13.2. The van der Waals surface area contributed by atoms with E-state index in [4.69, 9.17) is 4.42 Å². The summed E-state index contributed by atoms with van der Waals surface area (Å²) in [5.41, 5.74) is 0.534. The van der Waals surface area contributed by atoms with Gasteiger partial charge in [0.05, 0.1) is 10.9 Å². The van der Waals surface area contributed by atoms with Crippen molar-refractivity contribution < 1.29 is 31.9 Å². The van der Waals surface area contributed by atoms with E-state index in [1.165, 1.54) is 36.9 Å². The Morgan fingerprint density at radius 3 is 2.32 bits per heavy atom. The molecule has 1 aromatic heterocycles. The van der Waals surface area contributed by atoms with Crippen molar-refractivity contribution in [3.8, 4) is 11.3 Å². The Labute approximate surface area is 213 Å². The van der Waals surface area contributed by atoms with Crippen LogP contribution in [0.2, 0.25) is 0 Å². The van der Waals surface area contributed by atoms with E-state index in [0.717, 1.165) is 0 Å². The van der Waals surface area contributed by atoms with E-state index < -0.39 is 45.5 Å². The zero-order valence-corrected chi connectivity index (χ0v) is 20.8. The molecule has 0 unspecified atom stereocenters. The number of halogens is 1. The van der Waals surface area contributed by atoms with Crippen molar-refractivity contribution in [3.63, 3.8) is 0 Å². The predicted molar refractivity (Wildman–Crippen MR) is 131 cm³/mol. The molecule has 1 saturated carbocycles. The highest BCUT2D eigenvalue weighted by molar-refractivity contribution is 7.89. The summed E-state index contributed by atoms with van der Waals surface area (Å²) in [5, 5.41) is 14.5. The summed E-state index contributed by atoms with van der Waals surface area (Å²) >= 11 is 0. The predicted octanol–water partition coefficient (Wildman–Crippen LogP) is 3.59. The zero-order valence-electron chi connectivity index (χ0n) is 20.0. The van der Waals surface area contributed by atoms with Gasteiger partial charge in [0.1, 0.15) is 23.3 Å². The molecule has 3 aromatic rings.